The van der Waals surface area contributed by atoms with Gasteiger partial charge in [0.05, 0.1) is 12.7 Å². The molecule has 4 nitrogen and oxygen atoms in total. The molecular formula is C9H19NO3. The van der Waals surface area contributed by atoms with Gasteiger partial charge in [-0.15, -0.1) is 0 Å². The number of aliphatic hydroxyl groups excluding tert-OH is 2. The number of hydrogen-bond donors (Lipinski definition) is 3. The summed E-state index contributed by atoms with van der Waals surface area (Å²) >= 11 is 0. The summed E-state index contributed by atoms with van der Waals surface area (Å²) in [5.74, 6) is 0. The highest BCUT2D eigenvalue weighted by Gasteiger charge is 2.31. The van der Waals surface area contributed by atoms with E-state index in [1.165, 1.54) is 0 Å². The molecule has 1 fully saturated rings. The van der Waals surface area contributed by atoms with Crippen LogP contribution in [0.5, 0.6) is 0 Å². The summed E-state index contributed by atoms with van der Waals surface area (Å²) in [6.07, 6.45) is 1.26. The van der Waals surface area contributed by atoms with Gasteiger partial charge in [0.2, 0.25) is 0 Å². The average molecular weight is 189 g/mol. The number of ether oxygens (including phenoxy) is 1. The zero-order valence-corrected chi connectivity index (χ0v) is 8.12. The predicted molar refractivity (Wildman–Crippen MR) is 49.6 cm³/mol. The highest BCUT2D eigenvalue weighted by molar-refractivity contribution is 4.89. The van der Waals surface area contributed by atoms with Crippen molar-refractivity contribution >= 4 is 0 Å². The monoisotopic (exact) mass is 189 g/mol. The topological polar surface area (TPSA) is 61.7 Å². The van der Waals surface area contributed by atoms with Crippen LogP contribution in [0.2, 0.25) is 0 Å². The van der Waals surface area contributed by atoms with E-state index in [1.807, 2.05) is 0 Å². The van der Waals surface area contributed by atoms with E-state index in [2.05, 4.69) is 5.32 Å². The zero-order valence-electron chi connectivity index (χ0n) is 8.12. The Kier molecular flexibility index (Phi) is 4.12. The molecule has 0 spiro atoms. The van der Waals surface area contributed by atoms with Crippen LogP contribution in [0.25, 0.3) is 0 Å². The second-order valence-electron chi connectivity index (χ2n) is 3.78. The molecule has 0 bridgehead atoms. The second kappa shape index (κ2) is 4.91. The van der Waals surface area contributed by atoms with Crippen LogP contribution in [0.1, 0.15) is 19.8 Å². The minimum Gasteiger partial charge on any atom is -0.394 e. The van der Waals surface area contributed by atoms with Gasteiger partial charge >= 0.3 is 0 Å². The fourth-order valence-corrected chi connectivity index (χ4v) is 1.52. The molecular weight excluding hydrogens is 170 g/mol. The van der Waals surface area contributed by atoms with E-state index in [1.54, 1.807) is 6.92 Å². The van der Waals surface area contributed by atoms with Crippen LogP contribution in [0, 0.1) is 0 Å². The first kappa shape index (κ1) is 10.9. The van der Waals surface area contributed by atoms with E-state index in [4.69, 9.17) is 9.84 Å². The van der Waals surface area contributed by atoms with Crippen molar-refractivity contribution in [1.29, 1.82) is 0 Å². The molecule has 0 aromatic carbocycles. The van der Waals surface area contributed by atoms with Crippen molar-refractivity contribution in [2.24, 2.45) is 0 Å². The molecule has 1 rings (SSSR count). The summed E-state index contributed by atoms with van der Waals surface area (Å²) in [6, 6.07) is 0. The Morgan fingerprint density at radius 3 is 2.54 bits per heavy atom. The van der Waals surface area contributed by atoms with Gasteiger partial charge in [0.1, 0.15) is 0 Å². The molecule has 0 aromatic heterocycles. The van der Waals surface area contributed by atoms with Gasteiger partial charge < -0.3 is 20.3 Å². The first-order valence-corrected chi connectivity index (χ1v) is 4.80. The summed E-state index contributed by atoms with van der Waals surface area (Å²) in [7, 11) is 0. The van der Waals surface area contributed by atoms with Gasteiger partial charge in [0, 0.05) is 25.3 Å². The summed E-state index contributed by atoms with van der Waals surface area (Å²) < 4.78 is 5.22. The maximum Gasteiger partial charge on any atom is 0.0636 e. The third kappa shape index (κ3) is 3.23. The highest BCUT2D eigenvalue weighted by Crippen LogP contribution is 2.19. The number of nitrogens with one attached hydrogen (secondary N) is 1. The third-order valence-corrected chi connectivity index (χ3v) is 2.53. The molecule has 78 valence electrons. The van der Waals surface area contributed by atoms with Crippen LogP contribution in [0.15, 0.2) is 0 Å². The number of hydrogen-bond acceptors (Lipinski definition) is 4. The molecule has 3 N–H and O–H groups in total. The van der Waals surface area contributed by atoms with Gasteiger partial charge in [-0.3, -0.25) is 0 Å². The molecule has 0 saturated carbocycles. The maximum atomic E-state index is 9.25. The SMILES string of the molecule is C[C@@H](O)CNC1(CO)CCOCC1. The lowest BCUT2D eigenvalue weighted by Gasteiger charge is -2.36. The van der Waals surface area contributed by atoms with Crippen LogP contribution in [0.3, 0.4) is 0 Å². The largest absolute Gasteiger partial charge is 0.394 e. The van der Waals surface area contributed by atoms with Crippen molar-refractivity contribution in [3.05, 3.63) is 0 Å². The van der Waals surface area contributed by atoms with E-state index in [0.29, 0.717) is 19.8 Å². The first-order chi connectivity index (χ1) is 6.18. The Morgan fingerprint density at radius 1 is 1.46 bits per heavy atom. The van der Waals surface area contributed by atoms with E-state index >= 15 is 0 Å². The Hall–Kier alpha value is -0.160. The number of β-amino-alcohol motifs (C(OH)–C–C–N with tert-alkyl or cyclic N) is 1. The minimum atomic E-state index is -0.369. The summed E-state index contributed by atoms with van der Waals surface area (Å²) in [6.45, 7) is 3.75. The van der Waals surface area contributed by atoms with Crippen molar-refractivity contribution in [3.8, 4) is 0 Å². The van der Waals surface area contributed by atoms with Crippen molar-refractivity contribution in [2.45, 2.75) is 31.4 Å². The predicted octanol–water partition coefficient (Wildman–Crippen LogP) is -0.502. The average Bonchev–Trinajstić information content (AvgIpc) is 2.16. The van der Waals surface area contributed by atoms with Gasteiger partial charge in [-0.2, -0.15) is 0 Å². The molecule has 0 aliphatic carbocycles. The lowest BCUT2D eigenvalue weighted by molar-refractivity contribution is 0.00714. The van der Waals surface area contributed by atoms with Crippen molar-refractivity contribution < 1.29 is 14.9 Å². The summed E-state index contributed by atoms with van der Waals surface area (Å²) in [4.78, 5) is 0. The molecule has 0 amide bonds. The molecule has 0 radical (unpaired) electrons. The Bertz CT molecular complexity index is 144. The Morgan fingerprint density at radius 2 is 2.08 bits per heavy atom. The van der Waals surface area contributed by atoms with Crippen molar-refractivity contribution in [1.82, 2.24) is 5.32 Å². The van der Waals surface area contributed by atoms with Gasteiger partial charge in [0.25, 0.3) is 0 Å². The summed E-state index contributed by atoms with van der Waals surface area (Å²) in [5, 5.41) is 21.6. The van der Waals surface area contributed by atoms with Crippen LogP contribution < -0.4 is 5.32 Å². The van der Waals surface area contributed by atoms with E-state index in [-0.39, 0.29) is 18.2 Å². The van der Waals surface area contributed by atoms with Crippen molar-refractivity contribution in [2.75, 3.05) is 26.4 Å². The standard InChI is InChI=1S/C9H19NO3/c1-8(12)6-10-9(7-11)2-4-13-5-3-9/h8,10-12H,2-7H2,1H3/t8-/m1/s1. The molecule has 1 atom stereocenters. The fraction of sp³-hybridized carbons (Fsp3) is 1.00. The Balaban J connectivity index is 2.38. The lowest BCUT2D eigenvalue weighted by atomic mass is 9.91. The fourth-order valence-electron chi connectivity index (χ4n) is 1.52. The zero-order chi connectivity index (χ0) is 9.73. The molecule has 1 saturated heterocycles. The molecule has 0 aromatic rings. The molecule has 0 unspecified atom stereocenters. The van der Waals surface area contributed by atoms with Crippen LogP contribution in [0.4, 0.5) is 0 Å². The maximum absolute atomic E-state index is 9.25. The molecule has 1 aliphatic rings. The van der Waals surface area contributed by atoms with Crippen LogP contribution in [-0.2, 0) is 4.74 Å². The van der Waals surface area contributed by atoms with Gasteiger partial charge in [-0.05, 0) is 19.8 Å². The highest BCUT2D eigenvalue weighted by atomic mass is 16.5. The molecule has 1 aliphatic heterocycles. The first-order valence-electron chi connectivity index (χ1n) is 4.80. The van der Waals surface area contributed by atoms with Crippen molar-refractivity contribution in [3.63, 3.8) is 0 Å². The van der Waals surface area contributed by atoms with Crippen LogP contribution in [-0.4, -0.2) is 48.2 Å². The number of rotatable bonds is 4. The smallest absolute Gasteiger partial charge is 0.0636 e. The van der Waals surface area contributed by atoms with Gasteiger partial charge in [0.15, 0.2) is 0 Å². The third-order valence-electron chi connectivity index (χ3n) is 2.53. The quantitative estimate of drug-likeness (QED) is 0.558. The van der Waals surface area contributed by atoms with Crippen LogP contribution >= 0.6 is 0 Å². The lowest BCUT2D eigenvalue weighted by Crippen LogP contribution is -2.54. The Labute approximate surface area is 78.9 Å². The number of aliphatic hydroxyl groups is 2. The molecule has 13 heavy (non-hydrogen) atoms. The second-order valence-corrected chi connectivity index (χ2v) is 3.78. The summed E-state index contributed by atoms with van der Waals surface area (Å²) in [5.41, 5.74) is -0.227. The normalized spacial score (nSPS) is 24.2. The van der Waals surface area contributed by atoms with E-state index in [9.17, 15) is 5.11 Å². The van der Waals surface area contributed by atoms with Gasteiger partial charge in [-0.25, -0.2) is 0 Å². The molecule has 1 heterocycles. The van der Waals surface area contributed by atoms with E-state index in [0.717, 1.165) is 12.8 Å². The molecule has 4 heteroatoms. The van der Waals surface area contributed by atoms with Gasteiger partial charge in [-0.1, -0.05) is 0 Å². The minimum absolute atomic E-state index is 0.114. The van der Waals surface area contributed by atoms with E-state index < -0.39 is 0 Å².